The summed E-state index contributed by atoms with van der Waals surface area (Å²) in [4.78, 5) is 4.23. The Hall–Kier alpha value is -2.43. The van der Waals surface area contributed by atoms with E-state index in [1.54, 1.807) is 20.4 Å². The van der Waals surface area contributed by atoms with Gasteiger partial charge in [0.05, 0.1) is 43.7 Å². The van der Waals surface area contributed by atoms with Crippen LogP contribution in [0, 0.1) is 0 Å². The molecule has 0 radical (unpaired) electrons. The number of ether oxygens (including phenoxy) is 2. The molecular formula is C16H21N3O2. The normalized spacial score (nSPS) is 10.0. The molecule has 0 amide bonds. The summed E-state index contributed by atoms with van der Waals surface area (Å²) in [7, 11) is 3.28. The van der Waals surface area contributed by atoms with Gasteiger partial charge >= 0.3 is 0 Å². The van der Waals surface area contributed by atoms with Gasteiger partial charge in [-0.1, -0.05) is 6.92 Å². The highest BCUT2D eigenvalue weighted by Gasteiger charge is 2.06. The van der Waals surface area contributed by atoms with Gasteiger partial charge in [0.2, 0.25) is 0 Å². The van der Waals surface area contributed by atoms with Crippen LogP contribution in [0.4, 0.5) is 17.1 Å². The first-order valence-electron chi connectivity index (χ1n) is 6.94. The Bertz CT molecular complexity index is 587. The van der Waals surface area contributed by atoms with Crippen LogP contribution in [0.1, 0.15) is 13.3 Å². The molecule has 5 nitrogen and oxygen atoms in total. The summed E-state index contributed by atoms with van der Waals surface area (Å²) in [5.41, 5.74) is 2.72. The van der Waals surface area contributed by atoms with Gasteiger partial charge in [-0.2, -0.15) is 0 Å². The van der Waals surface area contributed by atoms with Crippen LogP contribution < -0.4 is 20.1 Å². The first kappa shape index (κ1) is 15.0. The Morgan fingerprint density at radius 3 is 2.57 bits per heavy atom. The molecule has 2 rings (SSSR count). The van der Waals surface area contributed by atoms with E-state index < -0.39 is 0 Å². The van der Waals surface area contributed by atoms with Gasteiger partial charge in [0, 0.05) is 12.6 Å². The summed E-state index contributed by atoms with van der Waals surface area (Å²) in [5.74, 6) is 1.52. The lowest BCUT2D eigenvalue weighted by atomic mass is 10.2. The minimum atomic E-state index is 0.753. The number of aromatic nitrogens is 1. The molecule has 0 atom stereocenters. The summed E-state index contributed by atoms with van der Waals surface area (Å²) < 4.78 is 10.6. The summed E-state index contributed by atoms with van der Waals surface area (Å²) in [6.07, 6.45) is 4.65. The number of hydrogen-bond donors (Lipinski definition) is 2. The molecule has 0 saturated heterocycles. The molecule has 0 spiro atoms. The van der Waals surface area contributed by atoms with E-state index in [1.165, 1.54) is 0 Å². The summed E-state index contributed by atoms with van der Waals surface area (Å²) >= 11 is 0. The van der Waals surface area contributed by atoms with Crippen molar-refractivity contribution in [2.45, 2.75) is 13.3 Å². The molecular weight excluding hydrogens is 266 g/mol. The maximum absolute atomic E-state index is 5.36. The van der Waals surface area contributed by atoms with Crippen molar-refractivity contribution >= 4 is 17.1 Å². The average molecular weight is 287 g/mol. The Morgan fingerprint density at radius 1 is 1.05 bits per heavy atom. The van der Waals surface area contributed by atoms with E-state index in [1.807, 2.05) is 30.5 Å². The molecule has 112 valence electrons. The molecule has 0 aliphatic carbocycles. The third-order valence-electron chi connectivity index (χ3n) is 3.00. The highest BCUT2D eigenvalue weighted by molar-refractivity contribution is 5.69. The molecule has 0 aliphatic rings. The number of anilines is 3. The number of methoxy groups -OCH3 is 2. The quantitative estimate of drug-likeness (QED) is 0.814. The zero-order valence-corrected chi connectivity index (χ0v) is 12.6. The van der Waals surface area contributed by atoms with Crippen molar-refractivity contribution < 1.29 is 9.47 Å². The van der Waals surface area contributed by atoms with Crippen molar-refractivity contribution in [2.24, 2.45) is 0 Å². The van der Waals surface area contributed by atoms with Gasteiger partial charge in [0.15, 0.2) is 0 Å². The van der Waals surface area contributed by atoms with Gasteiger partial charge in [-0.3, -0.25) is 4.98 Å². The minimum absolute atomic E-state index is 0.753. The second-order valence-electron chi connectivity index (χ2n) is 4.58. The number of hydrogen-bond acceptors (Lipinski definition) is 5. The van der Waals surface area contributed by atoms with Gasteiger partial charge in [-0.25, -0.2) is 0 Å². The molecule has 1 aromatic carbocycles. The monoisotopic (exact) mass is 287 g/mol. The highest BCUT2D eigenvalue weighted by atomic mass is 16.5. The van der Waals surface area contributed by atoms with E-state index in [9.17, 15) is 0 Å². The predicted molar refractivity (Wildman–Crippen MR) is 85.8 cm³/mol. The second-order valence-corrected chi connectivity index (χ2v) is 4.58. The summed E-state index contributed by atoms with van der Waals surface area (Å²) in [5, 5.41) is 6.62. The van der Waals surface area contributed by atoms with Crippen LogP contribution in [0.2, 0.25) is 0 Å². The maximum atomic E-state index is 5.36. The van der Waals surface area contributed by atoms with Crippen molar-refractivity contribution in [3.05, 3.63) is 36.7 Å². The summed E-state index contributed by atoms with van der Waals surface area (Å²) in [6.45, 7) is 3.05. The van der Waals surface area contributed by atoms with Crippen LogP contribution >= 0.6 is 0 Å². The minimum Gasteiger partial charge on any atom is -0.497 e. The van der Waals surface area contributed by atoms with Crippen molar-refractivity contribution in [1.82, 2.24) is 4.98 Å². The average Bonchev–Trinajstić information content (AvgIpc) is 2.53. The van der Waals surface area contributed by atoms with E-state index in [2.05, 4.69) is 22.5 Å². The van der Waals surface area contributed by atoms with E-state index in [4.69, 9.17) is 9.47 Å². The van der Waals surface area contributed by atoms with E-state index in [-0.39, 0.29) is 0 Å². The van der Waals surface area contributed by atoms with Crippen LogP contribution in [-0.4, -0.2) is 25.7 Å². The van der Waals surface area contributed by atoms with Crippen LogP contribution in [0.3, 0.4) is 0 Å². The van der Waals surface area contributed by atoms with Crippen LogP contribution in [0.5, 0.6) is 11.5 Å². The molecule has 0 bridgehead atoms. The van der Waals surface area contributed by atoms with Crippen molar-refractivity contribution in [3.8, 4) is 11.5 Å². The Balaban J connectivity index is 2.20. The van der Waals surface area contributed by atoms with Crippen LogP contribution in [0.15, 0.2) is 36.7 Å². The molecule has 2 aromatic rings. The third kappa shape index (κ3) is 4.02. The lowest BCUT2D eigenvalue weighted by Crippen LogP contribution is -2.01. The predicted octanol–water partition coefficient (Wildman–Crippen LogP) is 3.66. The molecule has 1 aromatic heterocycles. The summed E-state index contributed by atoms with van der Waals surface area (Å²) in [6, 6.07) is 7.64. The smallest absolute Gasteiger partial charge is 0.142 e. The fourth-order valence-electron chi connectivity index (χ4n) is 1.94. The molecule has 5 heteroatoms. The van der Waals surface area contributed by atoms with Gasteiger partial charge in [0.25, 0.3) is 0 Å². The second kappa shape index (κ2) is 7.38. The van der Waals surface area contributed by atoms with Crippen molar-refractivity contribution in [2.75, 3.05) is 31.4 Å². The first-order valence-corrected chi connectivity index (χ1v) is 6.94. The van der Waals surface area contributed by atoms with E-state index in [0.717, 1.165) is 41.5 Å². The number of nitrogens with zero attached hydrogens (tertiary/aromatic N) is 1. The van der Waals surface area contributed by atoms with Crippen molar-refractivity contribution in [3.63, 3.8) is 0 Å². The number of nitrogens with one attached hydrogen (secondary N) is 2. The molecule has 1 heterocycles. The topological polar surface area (TPSA) is 55.4 Å². The Labute approximate surface area is 125 Å². The number of benzene rings is 1. The molecule has 21 heavy (non-hydrogen) atoms. The van der Waals surface area contributed by atoms with E-state index >= 15 is 0 Å². The van der Waals surface area contributed by atoms with E-state index in [0.29, 0.717) is 0 Å². The van der Waals surface area contributed by atoms with Crippen molar-refractivity contribution in [1.29, 1.82) is 0 Å². The fourth-order valence-corrected chi connectivity index (χ4v) is 1.94. The molecule has 0 unspecified atom stereocenters. The molecule has 0 aliphatic heterocycles. The molecule has 2 N–H and O–H groups in total. The van der Waals surface area contributed by atoms with Gasteiger partial charge in [-0.15, -0.1) is 0 Å². The Morgan fingerprint density at radius 2 is 1.86 bits per heavy atom. The fraction of sp³-hybridized carbons (Fsp3) is 0.312. The largest absolute Gasteiger partial charge is 0.497 e. The van der Waals surface area contributed by atoms with Gasteiger partial charge < -0.3 is 20.1 Å². The lowest BCUT2D eigenvalue weighted by Gasteiger charge is -2.13. The van der Waals surface area contributed by atoms with Gasteiger partial charge in [-0.05, 0) is 24.6 Å². The molecule has 0 fully saturated rings. The number of pyridine rings is 1. The SMILES string of the molecule is CCCNc1cncc(Nc2cc(OC)ccc2OC)c1. The van der Waals surface area contributed by atoms with Gasteiger partial charge in [0.1, 0.15) is 11.5 Å². The lowest BCUT2D eigenvalue weighted by molar-refractivity contribution is 0.405. The van der Waals surface area contributed by atoms with Crippen LogP contribution in [0.25, 0.3) is 0 Å². The zero-order chi connectivity index (χ0) is 15.1. The highest BCUT2D eigenvalue weighted by Crippen LogP contribution is 2.31. The molecule has 0 saturated carbocycles. The zero-order valence-electron chi connectivity index (χ0n) is 12.6. The van der Waals surface area contributed by atoms with Crippen LogP contribution in [-0.2, 0) is 0 Å². The Kier molecular flexibility index (Phi) is 5.26. The maximum Gasteiger partial charge on any atom is 0.142 e. The number of rotatable bonds is 7. The third-order valence-corrected chi connectivity index (χ3v) is 3.00. The standard InChI is InChI=1S/C16H21N3O2/c1-4-7-18-12-8-13(11-17-10-12)19-15-9-14(20-2)5-6-16(15)21-3/h5-6,8-11,18-19H,4,7H2,1-3H3. The first-order chi connectivity index (χ1) is 10.3.